The summed E-state index contributed by atoms with van der Waals surface area (Å²) in [7, 11) is 1.97. The Morgan fingerprint density at radius 1 is 1.21 bits per heavy atom. The van der Waals surface area contributed by atoms with Crippen LogP contribution in [0.5, 0.6) is 0 Å². The summed E-state index contributed by atoms with van der Waals surface area (Å²) in [5.41, 5.74) is 2.72. The number of hydrogen-bond donors (Lipinski definition) is 0. The van der Waals surface area contributed by atoms with Gasteiger partial charge in [-0.25, -0.2) is 0 Å². The lowest BCUT2D eigenvalue weighted by Gasteiger charge is -2.21. The molecule has 19 heavy (non-hydrogen) atoms. The third kappa shape index (κ3) is 3.50. The highest BCUT2D eigenvalue weighted by atomic mass is 79.9. The van der Waals surface area contributed by atoms with E-state index in [1.807, 2.05) is 54.4 Å². The van der Waals surface area contributed by atoms with E-state index in [0.717, 1.165) is 27.3 Å². The molecule has 0 aliphatic rings. The summed E-state index contributed by atoms with van der Waals surface area (Å²) in [5.74, 6) is 0. The molecule has 0 fully saturated rings. The maximum absolute atomic E-state index is 9.15. The van der Waals surface area contributed by atoms with E-state index in [9.17, 15) is 0 Å². The maximum Gasteiger partial charge on any atom is 0.101 e. The van der Waals surface area contributed by atoms with Crippen LogP contribution in [-0.4, -0.2) is 7.05 Å². The SMILES string of the molecule is CN(Cc1ccc(Cl)cc1)c1cc(Br)ccc1C#N. The predicted molar refractivity (Wildman–Crippen MR) is 82.4 cm³/mol. The zero-order valence-corrected chi connectivity index (χ0v) is 12.7. The first kappa shape index (κ1) is 13.9. The quantitative estimate of drug-likeness (QED) is 0.819. The Balaban J connectivity index is 2.25. The van der Waals surface area contributed by atoms with Crippen molar-refractivity contribution in [3.63, 3.8) is 0 Å². The summed E-state index contributed by atoms with van der Waals surface area (Å²) in [6.07, 6.45) is 0. The van der Waals surface area contributed by atoms with Gasteiger partial charge in [-0.3, -0.25) is 0 Å². The van der Waals surface area contributed by atoms with Gasteiger partial charge in [-0.1, -0.05) is 39.7 Å². The number of halogens is 2. The first-order valence-electron chi connectivity index (χ1n) is 5.75. The Morgan fingerprint density at radius 2 is 1.89 bits per heavy atom. The lowest BCUT2D eigenvalue weighted by atomic mass is 10.1. The summed E-state index contributed by atoms with van der Waals surface area (Å²) < 4.78 is 0.962. The molecule has 4 heteroatoms. The van der Waals surface area contributed by atoms with Gasteiger partial charge >= 0.3 is 0 Å². The van der Waals surface area contributed by atoms with E-state index in [1.165, 1.54) is 0 Å². The second-order valence-electron chi connectivity index (χ2n) is 4.26. The fourth-order valence-corrected chi connectivity index (χ4v) is 2.34. The highest BCUT2D eigenvalue weighted by Gasteiger charge is 2.08. The summed E-state index contributed by atoms with van der Waals surface area (Å²) in [5, 5.41) is 9.88. The molecular weight excluding hydrogens is 324 g/mol. The Labute approximate surface area is 126 Å². The van der Waals surface area contributed by atoms with E-state index in [1.54, 1.807) is 0 Å². The van der Waals surface area contributed by atoms with Crippen molar-refractivity contribution >= 4 is 33.2 Å². The fraction of sp³-hybridized carbons (Fsp3) is 0.133. The van der Waals surface area contributed by atoms with Crippen molar-refractivity contribution in [1.29, 1.82) is 5.26 Å². The molecule has 0 atom stereocenters. The molecule has 0 saturated heterocycles. The van der Waals surface area contributed by atoms with E-state index < -0.39 is 0 Å². The van der Waals surface area contributed by atoms with Gasteiger partial charge in [-0.2, -0.15) is 5.26 Å². The largest absolute Gasteiger partial charge is 0.369 e. The van der Waals surface area contributed by atoms with Crippen LogP contribution in [0.2, 0.25) is 5.02 Å². The van der Waals surface area contributed by atoms with Gasteiger partial charge in [0.2, 0.25) is 0 Å². The van der Waals surface area contributed by atoms with Gasteiger partial charge in [0.05, 0.1) is 11.3 Å². The van der Waals surface area contributed by atoms with Crippen molar-refractivity contribution in [2.24, 2.45) is 0 Å². The summed E-state index contributed by atoms with van der Waals surface area (Å²) >= 11 is 9.31. The van der Waals surface area contributed by atoms with E-state index in [2.05, 4.69) is 22.0 Å². The molecule has 2 aromatic carbocycles. The summed E-state index contributed by atoms with van der Waals surface area (Å²) in [4.78, 5) is 2.05. The minimum Gasteiger partial charge on any atom is -0.369 e. The highest BCUT2D eigenvalue weighted by molar-refractivity contribution is 9.10. The Hall–Kier alpha value is -1.50. The summed E-state index contributed by atoms with van der Waals surface area (Å²) in [6.45, 7) is 0.725. The zero-order valence-electron chi connectivity index (χ0n) is 10.4. The minimum absolute atomic E-state index is 0.666. The molecule has 96 valence electrons. The predicted octanol–water partition coefficient (Wildman–Crippen LogP) is 4.61. The number of nitriles is 1. The molecule has 0 aliphatic heterocycles. The van der Waals surface area contributed by atoms with Gasteiger partial charge < -0.3 is 4.90 Å². The van der Waals surface area contributed by atoms with Crippen LogP contribution in [0.4, 0.5) is 5.69 Å². The topological polar surface area (TPSA) is 27.0 Å². The minimum atomic E-state index is 0.666. The molecule has 0 N–H and O–H groups in total. The fourth-order valence-electron chi connectivity index (χ4n) is 1.86. The van der Waals surface area contributed by atoms with Gasteiger partial charge in [0.15, 0.2) is 0 Å². The normalized spacial score (nSPS) is 10.0. The molecule has 0 bridgehead atoms. The number of anilines is 1. The van der Waals surface area contributed by atoms with Crippen LogP contribution in [0.1, 0.15) is 11.1 Å². The highest BCUT2D eigenvalue weighted by Crippen LogP contribution is 2.25. The van der Waals surface area contributed by atoms with Crippen molar-refractivity contribution in [3.8, 4) is 6.07 Å². The molecule has 2 nitrogen and oxygen atoms in total. The molecule has 2 rings (SSSR count). The summed E-state index contributed by atoms with van der Waals surface area (Å²) in [6, 6.07) is 15.6. The van der Waals surface area contributed by atoms with Crippen LogP contribution in [0.25, 0.3) is 0 Å². The third-order valence-corrected chi connectivity index (χ3v) is 3.57. The molecule has 0 radical (unpaired) electrons. The van der Waals surface area contributed by atoms with Crippen LogP contribution in [0.15, 0.2) is 46.9 Å². The van der Waals surface area contributed by atoms with Gasteiger partial charge in [-0.05, 0) is 35.9 Å². The van der Waals surface area contributed by atoms with Crippen LogP contribution >= 0.6 is 27.5 Å². The van der Waals surface area contributed by atoms with E-state index in [-0.39, 0.29) is 0 Å². The van der Waals surface area contributed by atoms with Crippen LogP contribution in [-0.2, 0) is 6.54 Å². The van der Waals surface area contributed by atoms with E-state index in [4.69, 9.17) is 16.9 Å². The van der Waals surface area contributed by atoms with Gasteiger partial charge in [0.1, 0.15) is 6.07 Å². The molecule has 2 aromatic rings. The van der Waals surface area contributed by atoms with Gasteiger partial charge in [0.25, 0.3) is 0 Å². The Bertz CT molecular complexity index is 617. The standard InChI is InChI=1S/C15H12BrClN2/c1-19(10-11-2-6-14(17)7-3-11)15-8-13(16)5-4-12(15)9-18/h2-8H,10H2,1H3. The molecule has 0 aliphatic carbocycles. The molecule has 0 amide bonds. The smallest absolute Gasteiger partial charge is 0.101 e. The lowest BCUT2D eigenvalue weighted by Crippen LogP contribution is -2.17. The van der Waals surface area contributed by atoms with Crippen LogP contribution in [0, 0.1) is 11.3 Å². The third-order valence-electron chi connectivity index (χ3n) is 2.82. The second-order valence-corrected chi connectivity index (χ2v) is 5.61. The molecule has 0 saturated carbocycles. The van der Waals surface area contributed by atoms with Gasteiger partial charge in [0, 0.05) is 23.1 Å². The first-order valence-corrected chi connectivity index (χ1v) is 6.92. The van der Waals surface area contributed by atoms with E-state index >= 15 is 0 Å². The van der Waals surface area contributed by atoms with Crippen LogP contribution in [0.3, 0.4) is 0 Å². The molecule has 0 heterocycles. The Morgan fingerprint density at radius 3 is 2.53 bits per heavy atom. The number of nitrogens with zero attached hydrogens (tertiary/aromatic N) is 2. The second kappa shape index (κ2) is 6.10. The first-order chi connectivity index (χ1) is 9.10. The number of hydrogen-bond acceptors (Lipinski definition) is 2. The molecule has 0 aromatic heterocycles. The molecule has 0 unspecified atom stereocenters. The monoisotopic (exact) mass is 334 g/mol. The number of rotatable bonds is 3. The van der Waals surface area contributed by atoms with Crippen molar-refractivity contribution in [2.45, 2.75) is 6.54 Å². The maximum atomic E-state index is 9.15. The Kier molecular flexibility index (Phi) is 4.47. The zero-order chi connectivity index (χ0) is 13.8. The van der Waals surface area contributed by atoms with Crippen molar-refractivity contribution < 1.29 is 0 Å². The van der Waals surface area contributed by atoms with Crippen LogP contribution < -0.4 is 4.90 Å². The lowest BCUT2D eigenvalue weighted by molar-refractivity contribution is 0.920. The average molecular weight is 336 g/mol. The van der Waals surface area contributed by atoms with E-state index in [0.29, 0.717) is 5.56 Å². The average Bonchev–Trinajstić information content (AvgIpc) is 2.41. The molecule has 0 spiro atoms. The molecular formula is C15H12BrClN2. The van der Waals surface area contributed by atoms with Crippen molar-refractivity contribution in [3.05, 3.63) is 63.1 Å². The van der Waals surface area contributed by atoms with Crippen molar-refractivity contribution in [1.82, 2.24) is 0 Å². The van der Waals surface area contributed by atoms with Gasteiger partial charge in [-0.15, -0.1) is 0 Å². The number of benzene rings is 2. The van der Waals surface area contributed by atoms with Crippen molar-refractivity contribution in [2.75, 3.05) is 11.9 Å².